The van der Waals surface area contributed by atoms with E-state index in [0.717, 1.165) is 21.9 Å². The van der Waals surface area contributed by atoms with E-state index in [2.05, 4.69) is 25.5 Å². The summed E-state index contributed by atoms with van der Waals surface area (Å²) in [5.74, 6) is 0.102. The predicted octanol–water partition coefficient (Wildman–Crippen LogP) is 6.44. The fourth-order valence-electron chi connectivity index (χ4n) is 4.42. The maximum Gasteiger partial charge on any atom is 0.259 e. The van der Waals surface area contributed by atoms with Crippen molar-refractivity contribution in [1.29, 1.82) is 0 Å². The number of aliphatic hydroxyl groups is 1. The zero-order chi connectivity index (χ0) is 26.8. The third-order valence-corrected chi connectivity index (χ3v) is 6.33. The first-order valence-corrected chi connectivity index (χ1v) is 12.2. The number of carbonyl (C=O) groups is 1. The van der Waals surface area contributed by atoms with Gasteiger partial charge in [-0.3, -0.25) is 9.36 Å². The van der Waals surface area contributed by atoms with E-state index in [1.807, 2.05) is 54.6 Å². The van der Waals surface area contributed by atoms with E-state index in [-0.39, 0.29) is 23.6 Å². The molecule has 2 aromatic heterocycles. The van der Waals surface area contributed by atoms with Crippen LogP contribution in [-0.2, 0) is 6.61 Å². The Bertz CT molecular complexity index is 1850. The van der Waals surface area contributed by atoms with Gasteiger partial charge in [-0.15, -0.1) is 10.2 Å². The SMILES string of the molecule is O=C(Nc1ccc(CO)cc1)c1cc2ccccc2c(N=Nc2cc3ccccc3n2-c2ncccn2)c1O. The highest BCUT2D eigenvalue weighted by Crippen LogP contribution is 2.40. The molecule has 190 valence electrons. The number of phenolic OH excluding ortho intramolecular Hbond substituents is 1. The summed E-state index contributed by atoms with van der Waals surface area (Å²) in [6.07, 6.45) is 3.30. The molecule has 0 aliphatic heterocycles. The van der Waals surface area contributed by atoms with Gasteiger partial charge in [0.25, 0.3) is 5.91 Å². The average Bonchev–Trinajstić information content (AvgIpc) is 3.35. The number of hydrogen-bond acceptors (Lipinski definition) is 7. The average molecular weight is 515 g/mol. The second-order valence-electron chi connectivity index (χ2n) is 8.80. The molecule has 0 radical (unpaired) electrons. The number of fused-ring (bicyclic) bond motifs is 2. The molecule has 6 aromatic rings. The smallest absolute Gasteiger partial charge is 0.259 e. The number of azo groups is 1. The van der Waals surface area contributed by atoms with Crippen LogP contribution < -0.4 is 5.32 Å². The van der Waals surface area contributed by atoms with E-state index in [9.17, 15) is 15.0 Å². The number of amides is 1. The lowest BCUT2D eigenvalue weighted by atomic mass is 10.0. The van der Waals surface area contributed by atoms with Crippen LogP contribution in [0.2, 0.25) is 0 Å². The first-order chi connectivity index (χ1) is 19.1. The van der Waals surface area contributed by atoms with Crippen LogP contribution in [0.15, 0.2) is 114 Å². The summed E-state index contributed by atoms with van der Waals surface area (Å²) in [5.41, 5.74) is 2.33. The third-order valence-electron chi connectivity index (χ3n) is 6.33. The normalized spacial score (nSPS) is 11.4. The van der Waals surface area contributed by atoms with Gasteiger partial charge in [-0.1, -0.05) is 54.6 Å². The molecular formula is C30H22N6O3. The van der Waals surface area contributed by atoms with Gasteiger partial charge in [0, 0.05) is 28.9 Å². The molecule has 1 amide bonds. The number of carbonyl (C=O) groups excluding carboxylic acids is 1. The summed E-state index contributed by atoms with van der Waals surface area (Å²) in [5, 5.41) is 34.5. The fraction of sp³-hybridized carbons (Fsp3) is 0.0333. The molecule has 0 bridgehead atoms. The lowest BCUT2D eigenvalue weighted by Gasteiger charge is -2.11. The highest BCUT2D eigenvalue weighted by atomic mass is 16.3. The Morgan fingerprint density at radius 1 is 0.846 bits per heavy atom. The first kappa shape index (κ1) is 24.0. The van der Waals surface area contributed by atoms with E-state index in [1.165, 1.54) is 0 Å². The molecular weight excluding hydrogens is 492 g/mol. The topological polar surface area (TPSA) is 125 Å². The number of para-hydroxylation sites is 1. The molecule has 0 atom stereocenters. The van der Waals surface area contributed by atoms with Crippen molar-refractivity contribution in [3.63, 3.8) is 0 Å². The second-order valence-corrected chi connectivity index (χ2v) is 8.80. The molecule has 0 spiro atoms. The molecule has 0 saturated heterocycles. The van der Waals surface area contributed by atoms with Crippen LogP contribution in [0.25, 0.3) is 27.6 Å². The van der Waals surface area contributed by atoms with Crippen molar-refractivity contribution in [2.45, 2.75) is 6.61 Å². The van der Waals surface area contributed by atoms with Crippen LogP contribution in [0.1, 0.15) is 15.9 Å². The molecule has 0 aliphatic rings. The van der Waals surface area contributed by atoms with Crippen molar-refractivity contribution in [3.8, 4) is 11.7 Å². The van der Waals surface area contributed by atoms with E-state index in [4.69, 9.17) is 0 Å². The van der Waals surface area contributed by atoms with Crippen LogP contribution in [0.4, 0.5) is 17.2 Å². The Labute approximate surface area is 222 Å². The van der Waals surface area contributed by atoms with Gasteiger partial charge >= 0.3 is 0 Å². The van der Waals surface area contributed by atoms with Crippen LogP contribution in [0.5, 0.6) is 5.75 Å². The van der Waals surface area contributed by atoms with Gasteiger partial charge in [-0.25, -0.2) is 9.97 Å². The predicted molar refractivity (Wildman–Crippen MR) is 149 cm³/mol. The van der Waals surface area contributed by atoms with Crippen molar-refractivity contribution in [3.05, 3.63) is 115 Å². The minimum Gasteiger partial charge on any atom is -0.505 e. The Morgan fingerprint density at radius 3 is 2.33 bits per heavy atom. The van der Waals surface area contributed by atoms with Crippen molar-refractivity contribution >= 4 is 44.8 Å². The molecule has 6 rings (SSSR count). The van der Waals surface area contributed by atoms with Crippen LogP contribution in [-0.4, -0.2) is 30.7 Å². The number of hydrogen-bond donors (Lipinski definition) is 3. The Morgan fingerprint density at radius 2 is 1.56 bits per heavy atom. The number of aromatic nitrogens is 3. The van der Waals surface area contributed by atoms with Gasteiger partial charge in [0.15, 0.2) is 11.6 Å². The van der Waals surface area contributed by atoms with Gasteiger partial charge in [0.05, 0.1) is 17.7 Å². The molecule has 2 heterocycles. The number of nitrogens with one attached hydrogen (secondary N) is 1. The highest BCUT2D eigenvalue weighted by molar-refractivity contribution is 6.11. The molecule has 0 aliphatic carbocycles. The number of aromatic hydroxyl groups is 1. The molecule has 39 heavy (non-hydrogen) atoms. The molecule has 0 fully saturated rings. The number of nitrogens with zero attached hydrogens (tertiary/aromatic N) is 5. The van der Waals surface area contributed by atoms with Gasteiger partial charge in [0.1, 0.15) is 5.69 Å². The summed E-state index contributed by atoms with van der Waals surface area (Å²) in [6, 6.07) is 27.1. The van der Waals surface area contributed by atoms with Gasteiger partial charge in [-0.2, -0.15) is 0 Å². The van der Waals surface area contributed by atoms with Crippen LogP contribution in [0, 0.1) is 0 Å². The zero-order valence-corrected chi connectivity index (χ0v) is 20.6. The highest BCUT2D eigenvalue weighted by Gasteiger charge is 2.19. The number of anilines is 1. The van der Waals surface area contributed by atoms with E-state index < -0.39 is 5.91 Å². The molecule has 9 heteroatoms. The quantitative estimate of drug-likeness (QED) is 0.221. The minimum absolute atomic E-state index is 0.0563. The van der Waals surface area contributed by atoms with Crippen molar-refractivity contribution in [1.82, 2.24) is 14.5 Å². The zero-order valence-electron chi connectivity index (χ0n) is 20.6. The minimum atomic E-state index is -0.502. The fourth-order valence-corrected chi connectivity index (χ4v) is 4.42. The van der Waals surface area contributed by atoms with Crippen molar-refractivity contribution in [2.75, 3.05) is 5.32 Å². The van der Waals surface area contributed by atoms with Gasteiger partial charge in [-0.05, 0) is 47.3 Å². The van der Waals surface area contributed by atoms with Crippen LogP contribution >= 0.6 is 0 Å². The maximum atomic E-state index is 13.2. The Hall–Kier alpha value is -5.41. The van der Waals surface area contributed by atoms with Crippen molar-refractivity contribution in [2.24, 2.45) is 10.2 Å². The number of phenols is 1. The molecule has 4 aromatic carbocycles. The van der Waals surface area contributed by atoms with E-state index >= 15 is 0 Å². The van der Waals surface area contributed by atoms with E-state index in [0.29, 0.717) is 22.8 Å². The maximum absolute atomic E-state index is 13.2. The number of benzene rings is 4. The summed E-state index contributed by atoms with van der Waals surface area (Å²) >= 11 is 0. The first-order valence-electron chi connectivity index (χ1n) is 12.2. The summed E-state index contributed by atoms with van der Waals surface area (Å²) in [4.78, 5) is 22.0. The molecule has 0 saturated carbocycles. The Kier molecular flexibility index (Phi) is 6.24. The molecule has 9 nitrogen and oxygen atoms in total. The van der Waals surface area contributed by atoms with E-state index in [1.54, 1.807) is 53.4 Å². The summed E-state index contributed by atoms with van der Waals surface area (Å²) in [7, 11) is 0. The lowest BCUT2D eigenvalue weighted by Crippen LogP contribution is -2.12. The van der Waals surface area contributed by atoms with Crippen LogP contribution in [0.3, 0.4) is 0 Å². The van der Waals surface area contributed by atoms with Crippen molar-refractivity contribution < 1.29 is 15.0 Å². The largest absolute Gasteiger partial charge is 0.505 e. The third kappa shape index (κ3) is 4.58. The summed E-state index contributed by atoms with van der Waals surface area (Å²) in [6.45, 7) is -0.0939. The second kappa shape index (κ2) is 10.2. The monoisotopic (exact) mass is 514 g/mol. The van der Waals surface area contributed by atoms with Gasteiger partial charge < -0.3 is 15.5 Å². The van der Waals surface area contributed by atoms with Gasteiger partial charge in [0.2, 0.25) is 5.95 Å². The number of aliphatic hydroxyl groups excluding tert-OH is 1. The summed E-state index contributed by atoms with van der Waals surface area (Å²) < 4.78 is 1.78. The molecule has 0 unspecified atom stereocenters. The number of rotatable bonds is 6. The lowest BCUT2D eigenvalue weighted by molar-refractivity contribution is 0.102. The Balaban J connectivity index is 1.44. The molecule has 3 N–H and O–H groups in total. The standard InChI is InChI=1S/C30H22N6O3/c37-18-19-10-12-22(13-11-19)33-29(39)24-16-20-6-1-3-8-23(20)27(28(24)38)35-34-26-17-21-7-2-4-9-25(21)36(26)30-31-14-5-15-32-30/h1-17,37-38H,18H2,(H,33,39).